The molecule has 0 bridgehead atoms. The standard InChI is InChI=1S/C13H12N2O/c14-13-15-8-12(16-13)11-7-3-5-9-4-1-2-6-10(9)11/h1-7,12H,8H2,(H2,14,15). The summed E-state index contributed by atoms with van der Waals surface area (Å²) in [5.74, 6) is 0. The highest BCUT2D eigenvalue weighted by molar-refractivity contribution is 5.86. The Morgan fingerprint density at radius 2 is 1.94 bits per heavy atom. The number of ether oxygens (including phenoxy) is 1. The van der Waals surface area contributed by atoms with Gasteiger partial charge in [-0.05, 0) is 10.8 Å². The molecule has 16 heavy (non-hydrogen) atoms. The molecule has 0 spiro atoms. The van der Waals surface area contributed by atoms with Gasteiger partial charge in [-0.15, -0.1) is 0 Å². The normalized spacial score (nSPS) is 19.5. The monoisotopic (exact) mass is 212 g/mol. The zero-order chi connectivity index (χ0) is 11.0. The first-order valence-electron chi connectivity index (χ1n) is 5.29. The Hall–Kier alpha value is -2.03. The molecule has 0 aliphatic carbocycles. The van der Waals surface area contributed by atoms with E-state index in [0.29, 0.717) is 6.54 Å². The maximum Gasteiger partial charge on any atom is 0.282 e. The molecule has 1 aliphatic rings. The summed E-state index contributed by atoms with van der Waals surface area (Å²) in [6.45, 7) is 0.611. The smallest absolute Gasteiger partial charge is 0.282 e. The topological polar surface area (TPSA) is 47.6 Å². The van der Waals surface area contributed by atoms with Crippen molar-refractivity contribution in [1.29, 1.82) is 0 Å². The van der Waals surface area contributed by atoms with Crippen molar-refractivity contribution in [3.8, 4) is 0 Å². The van der Waals surface area contributed by atoms with Crippen LogP contribution >= 0.6 is 0 Å². The molecule has 0 fully saturated rings. The van der Waals surface area contributed by atoms with E-state index in [1.165, 1.54) is 10.8 Å². The van der Waals surface area contributed by atoms with Crippen LogP contribution < -0.4 is 5.73 Å². The minimum atomic E-state index is -0.0360. The first kappa shape index (κ1) is 9.21. The molecule has 1 unspecified atom stereocenters. The second-order valence-electron chi connectivity index (χ2n) is 3.85. The van der Waals surface area contributed by atoms with Crippen LogP contribution in [0.3, 0.4) is 0 Å². The Morgan fingerprint density at radius 1 is 1.12 bits per heavy atom. The van der Waals surface area contributed by atoms with Crippen LogP contribution in [0.2, 0.25) is 0 Å². The molecule has 1 heterocycles. The molecule has 1 aliphatic heterocycles. The summed E-state index contributed by atoms with van der Waals surface area (Å²) in [7, 11) is 0. The Morgan fingerprint density at radius 3 is 2.75 bits per heavy atom. The number of fused-ring (bicyclic) bond motifs is 1. The van der Waals surface area contributed by atoms with Crippen molar-refractivity contribution in [2.45, 2.75) is 6.10 Å². The fraction of sp³-hybridized carbons (Fsp3) is 0.154. The lowest BCUT2D eigenvalue weighted by molar-refractivity contribution is 0.228. The average molecular weight is 212 g/mol. The number of nitrogens with two attached hydrogens (primary N) is 1. The summed E-state index contributed by atoms with van der Waals surface area (Å²) in [5, 5.41) is 2.42. The molecule has 0 saturated heterocycles. The van der Waals surface area contributed by atoms with E-state index < -0.39 is 0 Å². The van der Waals surface area contributed by atoms with Crippen LogP contribution in [0.15, 0.2) is 47.5 Å². The van der Waals surface area contributed by atoms with E-state index in [4.69, 9.17) is 10.5 Å². The molecule has 2 aromatic carbocycles. The molecule has 0 radical (unpaired) electrons. The Bertz CT molecular complexity index is 557. The second-order valence-corrected chi connectivity index (χ2v) is 3.85. The number of hydrogen-bond acceptors (Lipinski definition) is 3. The van der Waals surface area contributed by atoms with Gasteiger partial charge < -0.3 is 10.5 Å². The molecule has 3 heteroatoms. The van der Waals surface area contributed by atoms with Crippen LogP contribution in [0.4, 0.5) is 0 Å². The van der Waals surface area contributed by atoms with Gasteiger partial charge in [0.1, 0.15) is 6.10 Å². The van der Waals surface area contributed by atoms with Crippen molar-refractivity contribution in [2.24, 2.45) is 10.7 Å². The van der Waals surface area contributed by atoms with Crippen LogP contribution in [-0.4, -0.2) is 12.6 Å². The number of aliphatic imine (C=N–C) groups is 1. The van der Waals surface area contributed by atoms with Gasteiger partial charge in [0.25, 0.3) is 6.02 Å². The summed E-state index contributed by atoms with van der Waals surface area (Å²) in [5.41, 5.74) is 6.69. The molecule has 80 valence electrons. The van der Waals surface area contributed by atoms with Crippen molar-refractivity contribution in [1.82, 2.24) is 0 Å². The summed E-state index contributed by atoms with van der Waals surface area (Å²) in [6, 6.07) is 14.8. The van der Waals surface area contributed by atoms with E-state index >= 15 is 0 Å². The third kappa shape index (κ3) is 1.41. The van der Waals surface area contributed by atoms with Gasteiger partial charge in [-0.1, -0.05) is 42.5 Å². The van der Waals surface area contributed by atoms with Crippen molar-refractivity contribution in [3.63, 3.8) is 0 Å². The van der Waals surface area contributed by atoms with Gasteiger partial charge >= 0.3 is 0 Å². The summed E-state index contributed by atoms with van der Waals surface area (Å²) in [4.78, 5) is 4.07. The maximum absolute atomic E-state index is 5.53. The number of nitrogens with zero attached hydrogens (tertiary/aromatic N) is 1. The third-order valence-corrected chi connectivity index (χ3v) is 2.85. The predicted octanol–water partition coefficient (Wildman–Crippen LogP) is 2.23. The summed E-state index contributed by atoms with van der Waals surface area (Å²) < 4.78 is 5.48. The number of rotatable bonds is 1. The van der Waals surface area contributed by atoms with E-state index in [1.807, 2.05) is 18.2 Å². The van der Waals surface area contributed by atoms with Crippen LogP contribution in [-0.2, 0) is 4.74 Å². The van der Waals surface area contributed by atoms with E-state index in [0.717, 1.165) is 5.56 Å². The third-order valence-electron chi connectivity index (χ3n) is 2.85. The quantitative estimate of drug-likeness (QED) is 0.787. The molecule has 3 nitrogen and oxygen atoms in total. The lowest BCUT2D eigenvalue weighted by Crippen LogP contribution is -2.13. The summed E-state index contributed by atoms with van der Waals surface area (Å²) in [6.07, 6.45) is -0.0360. The Kier molecular flexibility index (Phi) is 2.03. The lowest BCUT2D eigenvalue weighted by Gasteiger charge is -2.12. The van der Waals surface area contributed by atoms with Crippen LogP contribution in [0.25, 0.3) is 10.8 Å². The first-order chi connectivity index (χ1) is 7.84. The second kappa shape index (κ2) is 3.52. The molecule has 0 aromatic heterocycles. The number of amidine groups is 1. The number of benzene rings is 2. The van der Waals surface area contributed by atoms with Crippen LogP contribution in [0.5, 0.6) is 0 Å². The van der Waals surface area contributed by atoms with Crippen molar-refractivity contribution >= 4 is 16.8 Å². The maximum atomic E-state index is 5.53. The Balaban J connectivity index is 2.10. The van der Waals surface area contributed by atoms with E-state index in [1.54, 1.807) is 0 Å². The fourth-order valence-corrected chi connectivity index (χ4v) is 2.09. The first-order valence-corrected chi connectivity index (χ1v) is 5.29. The van der Waals surface area contributed by atoms with Gasteiger partial charge in [0.05, 0.1) is 6.54 Å². The van der Waals surface area contributed by atoms with Gasteiger partial charge in [0, 0.05) is 5.56 Å². The molecular weight excluding hydrogens is 200 g/mol. The highest BCUT2D eigenvalue weighted by Gasteiger charge is 2.21. The highest BCUT2D eigenvalue weighted by atomic mass is 16.5. The van der Waals surface area contributed by atoms with Crippen molar-refractivity contribution in [3.05, 3.63) is 48.0 Å². The van der Waals surface area contributed by atoms with E-state index in [-0.39, 0.29) is 12.1 Å². The largest absolute Gasteiger partial charge is 0.455 e. The fourth-order valence-electron chi connectivity index (χ4n) is 2.09. The highest BCUT2D eigenvalue weighted by Crippen LogP contribution is 2.28. The molecule has 3 rings (SSSR count). The molecule has 2 N–H and O–H groups in total. The Labute approximate surface area is 93.6 Å². The van der Waals surface area contributed by atoms with Gasteiger partial charge in [-0.2, -0.15) is 0 Å². The minimum absolute atomic E-state index is 0.0360. The van der Waals surface area contributed by atoms with E-state index in [2.05, 4.69) is 29.3 Å². The molecule has 0 saturated carbocycles. The predicted molar refractivity (Wildman–Crippen MR) is 64.3 cm³/mol. The van der Waals surface area contributed by atoms with Crippen molar-refractivity contribution in [2.75, 3.05) is 6.54 Å². The minimum Gasteiger partial charge on any atom is -0.455 e. The van der Waals surface area contributed by atoms with Gasteiger partial charge in [-0.25, -0.2) is 4.99 Å². The summed E-state index contributed by atoms with van der Waals surface area (Å²) >= 11 is 0. The molecule has 1 atom stereocenters. The molecular formula is C13H12N2O. The van der Waals surface area contributed by atoms with Gasteiger partial charge in [0.15, 0.2) is 0 Å². The van der Waals surface area contributed by atoms with Gasteiger partial charge in [0.2, 0.25) is 0 Å². The average Bonchev–Trinajstić information content (AvgIpc) is 2.75. The lowest BCUT2D eigenvalue weighted by atomic mass is 10.0. The van der Waals surface area contributed by atoms with Crippen LogP contribution in [0.1, 0.15) is 11.7 Å². The van der Waals surface area contributed by atoms with Gasteiger partial charge in [-0.3, -0.25) is 0 Å². The zero-order valence-corrected chi connectivity index (χ0v) is 8.76. The molecule has 0 amide bonds. The molecule has 2 aromatic rings. The van der Waals surface area contributed by atoms with Crippen LogP contribution in [0, 0.1) is 0 Å². The van der Waals surface area contributed by atoms with E-state index in [9.17, 15) is 0 Å². The number of hydrogen-bond donors (Lipinski definition) is 1. The van der Waals surface area contributed by atoms with Crippen molar-refractivity contribution < 1.29 is 4.74 Å². The SMILES string of the molecule is NC1=NCC(c2cccc3ccccc23)O1. The zero-order valence-electron chi connectivity index (χ0n) is 8.76.